The lowest BCUT2D eigenvalue weighted by Gasteiger charge is -2.03. The van der Waals surface area contributed by atoms with Gasteiger partial charge >= 0.3 is 0 Å². The van der Waals surface area contributed by atoms with Crippen LogP contribution in [0.25, 0.3) is 0 Å². The normalized spacial score (nSPS) is 12.2. The number of hydrogen-bond donors (Lipinski definition) is 2. The number of nitrogens with one attached hydrogen (secondary N) is 1. The number of oxime groups is 1. The Morgan fingerprint density at radius 3 is 2.33 bits per heavy atom. The van der Waals surface area contributed by atoms with Crippen molar-refractivity contribution in [1.29, 1.82) is 0 Å². The van der Waals surface area contributed by atoms with E-state index in [0.29, 0.717) is 22.7 Å². The molecule has 0 aromatic heterocycles. The quantitative estimate of drug-likeness (QED) is 0.483. The van der Waals surface area contributed by atoms with Gasteiger partial charge in [0.1, 0.15) is 5.75 Å². The number of ether oxygens (including phenoxy) is 1. The highest BCUT2D eigenvalue weighted by Crippen LogP contribution is 2.10. The van der Waals surface area contributed by atoms with Crippen LogP contribution in [0, 0.1) is 0 Å². The van der Waals surface area contributed by atoms with E-state index in [0.717, 1.165) is 0 Å². The molecule has 0 spiro atoms. The SMILES string of the molecule is COc1ccc(C(=O)NN=C(C)C(C)=NO)cc1. The van der Waals surface area contributed by atoms with Crippen LogP contribution in [0.1, 0.15) is 24.2 Å². The van der Waals surface area contributed by atoms with Gasteiger partial charge in [0.2, 0.25) is 0 Å². The summed E-state index contributed by atoms with van der Waals surface area (Å²) in [6.45, 7) is 3.21. The standard InChI is InChI=1S/C12H15N3O3/c1-8(9(2)15-17)13-14-12(16)10-4-6-11(18-3)7-5-10/h4-7,17H,1-3H3,(H,14,16). The van der Waals surface area contributed by atoms with Crippen molar-refractivity contribution >= 4 is 17.3 Å². The van der Waals surface area contributed by atoms with Crippen molar-refractivity contribution in [3.8, 4) is 5.75 Å². The zero-order valence-corrected chi connectivity index (χ0v) is 10.5. The lowest BCUT2D eigenvalue weighted by Crippen LogP contribution is -2.21. The minimum Gasteiger partial charge on any atom is -0.497 e. The fraction of sp³-hybridized carbons (Fsp3) is 0.250. The number of nitrogens with zero attached hydrogens (tertiary/aromatic N) is 2. The predicted octanol–water partition coefficient (Wildman–Crippen LogP) is 1.65. The molecule has 0 aliphatic rings. The molecule has 18 heavy (non-hydrogen) atoms. The second-order valence-electron chi connectivity index (χ2n) is 3.55. The predicted molar refractivity (Wildman–Crippen MR) is 68.5 cm³/mol. The third kappa shape index (κ3) is 3.58. The maximum absolute atomic E-state index is 11.7. The molecule has 2 N–H and O–H groups in total. The van der Waals surface area contributed by atoms with Crippen LogP contribution in [0.4, 0.5) is 0 Å². The van der Waals surface area contributed by atoms with Crippen molar-refractivity contribution in [2.75, 3.05) is 7.11 Å². The monoisotopic (exact) mass is 249 g/mol. The molecule has 0 saturated heterocycles. The molecule has 0 bridgehead atoms. The topological polar surface area (TPSA) is 83.3 Å². The molecule has 0 heterocycles. The van der Waals surface area contributed by atoms with E-state index in [1.165, 1.54) is 0 Å². The molecule has 96 valence electrons. The summed E-state index contributed by atoms with van der Waals surface area (Å²) >= 11 is 0. The first-order chi connectivity index (χ1) is 8.58. The summed E-state index contributed by atoms with van der Waals surface area (Å²) in [5.74, 6) is 0.331. The number of methoxy groups -OCH3 is 1. The van der Waals surface area contributed by atoms with Gasteiger partial charge in [0.05, 0.1) is 18.5 Å². The molecular formula is C12H15N3O3. The maximum Gasteiger partial charge on any atom is 0.271 e. The van der Waals surface area contributed by atoms with E-state index < -0.39 is 0 Å². The summed E-state index contributed by atoms with van der Waals surface area (Å²) in [5, 5.41) is 15.3. The van der Waals surface area contributed by atoms with E-state index in [1.807, 2.05) is 0 Å². The molecule has 0 saturated carbocycles. The molecule has 6 nitrogen and oxygen atoms in total. The molecule has 0 aliphatic carbocycles. The van der Waals surface area contributed by atoms with Crippen molar-refractivity contribution in [3.63, 3.8) is 0 Å². The third-order valence-corrected chi connectivity index (χ3v) is 2.35. The first-order valence-electron chi connectivity index (χ1n) is 5.26. The van der Waals surface area contributed by atoms with Gasteiger partial charge < -0.3 is 9.94 Å². The van der Waals surface area contributed by atoms with E-state index in [1.54, 1.807) is 45.2 Å². The van der Waals surface area contributed by atoms with Crippen LogP contribution in [0.15, 0.2) is 34.5 Å². The molecule has 6 heteroatoms. The Kier molecular flexibility index (Phi) is 4.86. The summed E-state index contributed by atoms with van der Waals surface area (Å²) in [6, 6.07) is 6.63. The second-order valence-corrected chi connectivity index (χ2v) is 3.55. The first kappa shape index (κ1) is 13.7. The highest BCUT2D eigenvalue weighted by Gasteiger charge is 2.05. The number of amides is 1. The number of carbonyl (C=O) groups excluding carboxylic acids is 1. The Labute approximate surface area is 105 Å². The smallest absolute Gasteiger partial charge is 0.271 e. The molecule has 1 aromatic rings. The van der Waals surface area contributed by atoms with Crippen molar-refractivity contribution in [1.82, 2.24) is 5.43 Å². The van der Waals surface area contributed by atoms with Crippen LogP contribution in [0.2, 0.25) is 0 Å². The molecule has 1 amide bonds. The van der Waals surface area contributed by atoms with Gasteiger partial charge in [-0.2, -0.15) is 5.10 Å². The van der Waals surface area contributed by atoms with Gasteiger partial charge in [-0.3, -0.25) is 4.79 Å². The Morgan fingerprint density at radius 1 is 1.22 bits per heavy atom. The molecule has 1 rings (SSSR count). The van der Waals surface area contributed by atoms with Crippen molar-refractivity contribution < 1.29 is 14.7 Å². The lowest BCUT2D eigenvalue weighted by molar-refractivity contribution is 0.0955. The van der Waals surface area contributed by atoms with Crippen molar-refractivity contribution in [3.05, 3.63) is 29.8 Å². The van der Waals surface area contributed by atoms with Crippen LogP contribution in [0.3, 0.4) is 0 Å². The molecule has 0 unspecified atom stereocenters. The Morgan fingerprint density at radius 2 is 1.83 bits per heavy atom. The fourth-order valence-corrected chi connectivity index (χ4v) is 1.09. The number of rotatable bonds is 4. The number of benzene rings is 1. The van der Waals surface area contributed by atoms with Gasteiger partial charge in [0.25, 0.3) is 5.91 Å². The largest absolute Gasteiger partial charge is 0.497 e. The minimum absolute atomic E-state index is 0.338. The van der Waals surface area contributed by atoms with Crippen LogP contribution < -0.4 is 10.2 Å². The minimum atomic E-state index is -0.345. The molecule has 0 fully saturated rings. The van der Waals surface area contributed by atoms with Crippen LogP contribution >= 0.6 is 0 Å². The number of hydrazone groups is 1. The molecular weight excluding hydrogens is 234 g/mol. The van der Waals surface area contributed by atoms with Crippen LogP contribution in [0.5, 0.6) is 5.75 Å². The van der Waals surface area contributed by atoms with E-state index in [4.69, 9.17) is 9.94 Å². The van der Waals surface area contributed by atoms with Gasteiger partial charge in [-0.15, -0.1) is 0 Å². The van der Waals surface area contributed by atoms with E-state index >= 15 is 0 Å². The highest BCUT2D eigenvalue weighted by atomic mass is 16.5. The van der Waals surface area contributed by atoms with Gasteiger partial charge in [0.15, 0.2) is 0 Å². The maximum atomic E-state index is 11.7. The highest BCUT2D eigenvalue weighted by molar-refractivity contribution is 6.40. The molecule has 0 aliphatic heterocycles. The second kappa shape index (κ2) is 6.39. The average Bonchev–Trinajstić information content (AvgIpc) is 2.43. The summed E-state index contributed by atoms with van der Waals surface area (Å²) < 4.78 is 4.99. The van der Waals surface area contributed by atoms with E-state index in [-0.39, 0.29) is 5.91 Å². The Bertz CT molecular complexity index is 478. The van der Waals surface area contributed by atoms with E-state index in [9.17, 15) is 4.79 Å². The fourth-order valence-electron chi connectivity index (χ4n) is 1.09. The summed E-state index contributed by atoms with van der Waals surface area (Å²) in [5.41, 5.74) is 3.60. The van der Waals surface area contributed by atoms with Gasteiger partial charge in [-0.05, 0) is 38.1 Å². The summed E-state index contributed by atoms with van der Waals surface area (Å²) in [4.78, 5) is 11.7. The van der Waals surface area contributed by atoms with Gasteiger partial charge in [0, 0.05) is 5.56 Å². The van der Waals surface area contributed by atoms with Crippen LogP contribution in [-0.2, 0) is 0 Å². The Balaban J connectivity index is 2.71. The van der Waals surface area contributed by atoms with Crippen molar-refractivity contribution in [2.24, 2.45) is 10.3 Å². The summed E-state index contributed by atoms with van der Waals surface area (Å²) in [7, 11) is 1.56. The third-order valence-electron chi connectivity index (χ3n) is 2.35. The summed E-state index contributed by atoms with van der Waals surface area (Å²) in [6.07, 6.45) is 0. The zero-order valence-electron chi connectivity index (χ0n) is 10.5. The zero-order chi connectivity index (χ0) is 13.5. The molecule has 0 radical (unpaired) electrons. The van der Waals surface area contributed by atoms with Gasteiger partial charge in [-0.1, -0.05) is 5.16 Å². The average molecular weight is 249 g/mol. The van der Waals surface area contributed by atoms with E-state index in [2.05, 4.69) is 15.7 Å². The van der Waals surface area contributed by atoms with Crippen LogP contribution in [-0.4, -0.2) is 29.6 Å². The first-order valence-corrected chi connectivity index (χ1v) is 5.26. The Hall–Kier alpha value is -2.37. The van der Waals surface area contributed by atoms with Crippen molar-refractivity contribution in [2.45, 2.75) is 13.8 Å². The molecule has 0 atom stereocenters. The van der Waals surface area contributed by atoms with Gasteiger partial charge in [-0.25, -0.2) is 5.43 Å². The number of carbonyl (C=O) groups is 1. The number of hydrogen-bond acceptors (Lipinski definition) is 5. The molecule has 1 aromatic carbocycles. The lowest BCUT2D eigenvalue weighted by atomic mass is 10.2.